The Hall–Kier alpha value is -4.96. The van der Waals surface area contributed by atoms with Crippen molar-refractivity contribution in [2.75, 3.05) is 0 Å². The van der Waals surface area contributed by atoms with Crippen LogP contribution in [0.2, 0.25) is 0 Å². The normalized spacial score (nSPS) is 17.7. The van der Waals surface area contributed by atoms with E-state index in [1.54, 1.807) is 6.08 Å². The summed E-state index contributed by atoms with van der Waals surface area (Å²) < 4.78 is 5.78. The van der Waals surface area contributed by atoms with Gasteiger partial charge in [-0.2, -0.15) is 0 Å². The molecular formula is C34H29N3O. The molecule has 1 atom stereocenters. The average molecular weight is 496 g/mol. The predicted molar refractivity (Wildman–Crippen MR) is 158 cm³/mol. The molecule has 4 heteroatoms. The van der Waals surface area contributed by atoms with Crippen molar-refractivity contribution < 1.29 is 4.42 Å². The summed E-state index contributed by atoms with van der Waals surface area (Å²) >= 11 is 0. The van der Waals surface area contributed by atoms with E-state index in [0.29, 0.717) is 17.2 Å². The molecule has 1 unspecified atom stereocenters. The Labute approximate surface area is 223 Å². The first-order chi connectivity index (χ1) is 18.6. The van der Waals surface area contributed by atoms with Gasteiger partial charge < -0.3 is 10.2 Å². The lowest BCUT2D eigenvalue weighted by Gasteiger charge is -2.35. The topological polar surface area (TPSA) is 64.4 Å². The van der Waals surface area contributed by atoms with E-state index < -0.39 is 5.41 Å². The molecule has 3 aromatic carbocycles. The molecule has 0 saturated heterocycles. The van der Waals surface area contributed by atoms with Gasteiger partial charge in [0.25, 0.3) is 5.89 Å². The van der Waals surface area contributed by atoms with Crippen LogP contribution in [0.1, 0.15) is 29.5 Å². The molecule has 0 bridgehead atoms. The van der Waals surface area contributed by atoms with E-state index in [1.807, 2.05) is 61.5 Å². The lowest BCUT2D eigenvalue weighted by molar-refractivity contribution is 0.589. The monoisotopic (exact) mass is 495 g/mol. The Kier molecular flexibility index (Phi) is 6.63. The third-order valence-electron chi connectivity index (χ3n) is 6.87. The zero-order valence-electron chi connectivity index (χ0n) is 21.4. The van der Waals surface area contributed by atoms with Crippen molar-refractivity contribution in [1.82, 2.24) is 4.98 Å². The van der Waals surface area contributed by atoms with Crippen LogP contribution in [0.15, 0.2) is 150 Å². The SMILES string of the molecule is C=C/C=C(\C=C)C1(c2ccc(N=C(N)c3nc4ccccc4o3)cc2)C(/C=C\C)=C(C=C)c2ccccc21. The Balaban J connectivity index is 1.67. The Morgan fingerprint density at radius 2 is 1.71 bits per heavy atom. The van der Waals surface area contributed by atoms with E-state index in [2.05, 4.69) is 78.3 Å². The minimum absolute atomic E-state index is 0.219. The van der Waals surface area contributed by atoms with E-state index >= 15 is 0 Å². The summed E-state index contributed by atoms with van der Waals surface area (Å²) in [6.45, 7) is 14.3. The molecule has 1 aliphatic rings. The van der Waals surface area contributed by atoms with Crippen LogP contribution in [0.4, 0.5) is 5.69 Å². The van der Waals surface area contributed by atoms with Crippen LogP contribution in [0.25, 0.3) is 16.7 Å². The lowest BCUT2D eigenvalue weighted by atomic mass is 9.66. The Bertz CT molecular complexity index is 1650. The summed E-state index contributed by atoms with van der Waals surface area (Å²) in [5.41, 5.74) is 14.4. The number of benzene rings is 3. The van der Waals surface area contributed by atoms with Crippen LogP contribution in [0.3, 0.4) is 0 Å². The van der Waals surface area contributed by atoms with Gasteiger partial charge in [-0.15, -0.1) is 0 Å². The van der Waals surface area contributed by atoms with Crippen LogP contribution < -0.4 is 5.73 Å². The number of rotatable bonds is 8. The molecule has 4 aromatic rings. The van der Waals surface area contributed by atoms with Crippen molar-refractivity contribution in [2.24, 2.45) is 10.7 Å². The minimum Gasteiger partial charge on any atom is -0.434 e. The smallest absolute Gasteiger partial charge is 0.263 e. The van der Waals surface area contributed by atoms with Gasteiger partial charge in [0.15, 0.2) is 11.4 Å². The largest absolute Gasteiger partial charge is 0.434 e. The second kappa shape index (κ2) is 10.2. The van der Waals surface area contributed by atoms with Crippen LogP contribution in [0, 0.1) is 0 Å². The molecule has 0 amide bonds. The van der Waals surface area contributed by atoms with Crippen molar-refractivity contribution in [2.45, 2.75) is 12.3 Å². The zero-order valence-corrected chi connectivity index (χ0v) is 21.4. The molecule has 0 saturated carbocycles. The number of fused-ring (bicyclic) bond motifs is 2. The fourth-order valence-electron chi connectivity index (χ4n) is 5.35. The first-order valence-electron chi connectivity index (χ1n) is 12.4. The van der Waals surface area contributed by atoms with Gasteiger partial charge in [0.2, 0.25) is 0 Å². The highest BCUT2D eigenvalue weighted by Gasteiger charge is 2.46. The van der Waals surface area contributed by atoms with E-state index in [9.17, 15) is 0 Å². The molecular weight excluding hydrogens is 466 g/mol. The number of hydrogen-bond donors (Lipinski definition) is 1. The zero-order chi connectivity index (χ0) is 26.7. The van der Waals surface area contributed by atoms with Gasteiger partial charge in [-0.3, -0.25) is 0 Å². The minimum atomic E-state index is -0.601. The van der Waals surface area contributed by atoms with Gasteiger partial charge in [0.1, 0.15) is 5.52 Å². The first-order valence-corrected chi connectivity index (χ1v) is 12.4. The third-order valence-corrected chi connectivity index (χ3v) is 6.87. The fourth-order valence-corrected chi connectivity index (χ4v) is 5.35. The van der Waals surface area contributed by atoms with Gasteiger partial charge in [0, 0.05) is 0 Å². The van der Waals surface area contributed by atoms with Gasteiger partial charge >= 0.3 is 0 Å². The average Bonchev–Trinajstić information content (AvgIpc) is 3.50. The van der Waals surface area contributed by atoms with E-state index in [1.165, 1.54) is 5.56 Å². The Morgan fingerprint density at radius 3 is 2.39 bits per heavy atom. The Morgan fingerprint density at radius 1 is 0.974 bits per heavy atom. The summed E-state index contributed by atoms with van der Waals surface area (Å²) in [6.07, 6.45) is 11.9. The first kappa shape index (κ1) is 24.7. The van der Waals surface area contributed by atoms with Crippen LogP contribution in [-0.2, 0) is 5.41 Å². The highest BCUT2D eigenvalue weighted by molar-refractivity contribution is 5.97. The quantitative estimate of drug-likeness (QED) is 0.153. The molecule has 1 aliphatic carbocycles. The number of hydrogen-bond acceptors (Lipinski definition) is 3. The van der Waals surface area contributed by atoms with Crippen LogP contribution in [0.5, 0.6) is 0 Å². The number of aromatic nitrogens is 1. The molecule has 1 aromatic heterocycles. The summed E-state index contributed by atoms with van der Waals surface area (Å²) in [5.74, 6) is 0.518. The molecule has 0 spiro atoms. The van der Waals surface area contributed by atoms with Gasteiger partial charge in [-0.1, -0.05) is 105 Å². The second-order valence-electron chi connectivity index (χ2n) is 8.92. The van der Waals surface area contributed by atoms with Gasteiger partial charge in [-0.05, 0) is 64.6 Å². The van der Waals surface area contributed by atoms with Gasteiger partial charge in [0.05, 0.1) is 11.1 Å². The molecule has 2 N–H and O–H groups in total. The predicted octanol–water partition coefficient (Wildman–Crippen LogP) is 7.98. The number of nitrogens with zero attached hydrogens (tertiary/aromatic N) is 2. The van der Waals surface area contributed by atoms with Crippen LogP contribution in [-0.4, -0.2) is 10.8 Å². The lowest BCUT2D eigenvalue weighted by Crippen LogP contribution is -2.29. The summed E-state index contributed by atoms with van der Waals surface area (Å²) in [4.78, 5) is 9.05. The molecule has 0 radical (unpaired) electrons. The molecule has 0 fully saturated rings. The third kappa shape index (κ3) is 3.87. The highest BCUT2D eigenvalue weighted by atomic mass is 16.3. The standard InChI is InChI=1S/C34H29N3O/c1-5-13-23(7-3)34(28(14-6-2)26(8-4)27-15-9-10-16-29(27)34)24-19-21-25(22-20-24)36-32(35)33-37-30-17-11-12-18-31(30)38-33/h5-22H,1,3-4H2,2H3,(H2,35,36)/b14-6-,23-13+. The number of nitrogens with two attached hydrogens (primary N) is 1. The molecule has 5 rings (SSSR count). The number of amidine groups is 1. The molecule has 186 valence electrons. The van der Waals surface area contributed by atoms with Crippen molar-refractivity contribution in [3.8, 4) is 0 Å². The van der Waals surface area contributed by atoms with E-state index in [4.69, 9.17) is 10.2 Å². The summed E-state index contributed by atoms with van der Waals surface area (Å²) in [6, 6.07) is 24.1. The number of aliphatic imine (C=N–C) groups is 1. The number of para-hydroxylation sites is 2. The van der Waals surface area contributed by atoms with Crippen molar-refractivity contribution >= 4 is 28.2 Å². The molecule has 1 heterocycles. The fraction of sp³-hybridized carbons (Fsp3) is 0.0588. The van der Waals surface area contributed by atoms with Crippen molar-refractivity contribution in [3.05, 3.63) is 163 Å². The second-order valence-corrected chi connectivity index (χ2v) is 8.92. The molecule has 38 heavy (non-hydrogen) atoms. The summed E-state index contributed by atoms with van der Waals surface area (Å²) in [7, 11) is 0. The highest BCUT2D eigenvalue weighted by Crippen LogP contribution is 2.55. The van der Waals surface area contributed by atoms with E-state index in [0.717, 1.165) is 33.4 Å². The summed E-state index contributed by atoms with van der Waals surface area (Å²) in [5, 5.41) is 0. The molecule has 4 nitrogen and oxygen atoms in total. The number of allylic oxidation sites excluding steroid dienone is 9. The maximum atomic E-state index is 6.28. The van der Waals surface area contributed by atoms with Crippen molar-refractivity contribution in [3.63, 3.8) is 0 Å². The van der Waals surface area contributed by atoms with Gasteiger partial charge in [-0.25, -0.2) is 9.98 Å². The van der Waals surface area contributed by atoms with E-state index in [-0.39, 0.29) is 5.84 Å². The van der Waals surface area contributed by atoms with Crippen LogP contribution >= 0.6 is 0 Å². The maximum Gasteiger partial charge on any atom is 0.263 e. The number of oxazole rings is 1. The molecule has 0 aliphatic heterocycles. The van der Waals surface area contributed by atoms with Crippen molar-refractivity contribution in [1.29, 1.82) is 0 Å². The maximum absolute atomic E-state index is 6.28.